The van der Waals surface area contributed by atoms with Crippen LogP contribution in [0.25, 0.3) is 0 Å². The molecule has 0 spiro atoms. The summed E-state index contributed by atoms with van der Waals surface area (Å²) in [4.78, 5) is 0. The zero-order chi connectivity index (χ0) is 13.6. The molecule has 0 N–H and O–H groups in total. The minimum atomic E-state index is -1.47. The summed E-state index contributed by atoms with van der Waals surface area (Å²) in [7, 11) is -2.94. The molecule has 0 unspecified atom stereocenters. The molecule has 0 radical (unpaired) electrons. The third kappa shape index (κ3) is 31.6. The van der Waals surface area contributed by atoms with E-state index in [0.717, 1.165) is 0 Å². The Hall–Kier alpha value is 0.977. The summed E-state index contributed by atoms with van der Waals surface area (Å²) in [6.07, 6.45) is 0.684. The zero-order valence-corrected chi connectivity index (χ0v) is 18.1. The van der Waals surface area contributed by atoms with Crippen molar-refractivity contribution in [3.8, 4) is 0 Å². The van der Waals surface area contributed by atoms with Gasteiger partial charge in [0.05, 0.1) is 0 Å². The summed E-state index contributed by atoms with van der Waals surface area (Å²) in [6, 6.07) is 0. The van der Waals surface area contributed by atoms with Gasteiger partial charge in [0.2, 0.25) is 0 Å². The van der Waals surface area contributed by atoms with E-state index in [0.29, 0.717) is 12.2 Å². The molecule has 0 aromatic carbocycles. The second-order valence-corrected chi connectivity index (χ2v) is 13.4. The van der Waals surface area contributed by atoms with Crippen LogP contribution in [-0.2, 0) is 28.3 Å². The van der Waals surface area contributed by atoms with E-state index < -0.39 is 16.6 Å². The monoisotopic (exact) mass is 326 g/mol. The Morgan fingerprint density at radius 1 is 0.706 bits per heavy atom. The quantitative estimate of drug-likeness (QED) is 0.574. The van der Waals surface area contributed by atoms with Crippen molar-refractivity contribution in [2.45, 2.75) is 66.1 Å². The average molecular weight is 328 g/mol. The molecule has 0 saturated carbocycles. The Morgan fingerprint density at radius 2 is 0.882 bits per heavy atom. The van der Waals surface area contributed by atoms with Gasteiger partial charge in [-0.05, 0) is 27.7 Å². The minimum Gasteiger partial charge on any atom is -0.447 e. The van der Waals surface area contributed by atoms with Gasteiger partial charge in [-0.1, -0.05) is 26.2 Å². The Bertz CT molecular complexity index is 152. The third-order valence-electron chi connectivity index (χ3n) is 1.11. The van der Waals surface area contributed by atoms with E-state index in [2.05, 4.69) is 39.3 Å². The molecule has 0 aromatic rings. The van der Waals surface area contributed by atoms with Crippen molar-refractivity contribution in [2.24, 2.45) is 0 Å². The first-order valence-electron chi connectivity index (χ1n) is 5.90. The van der Waals surface area contributed by atoms with Crippen molar-refractivity contribution in [1.29, 1.82) is 0 Å². The Morgan fingerprint density at radius 3 is 0.882 bits per heavy atom. The molecule has 0 aromatic heterocycles. The van der Waals surface area contributed by atoms with Crippen LogP contribution in [0.2, 0.25) is 26.2 Å². The molecule has 5 heteroatoms. The second kappa shape index (κ2) is 9.85. The van der Waals surface area contributed by atoms with Crippen LogP contribution in [0.3, 0.4) is 0 Å². The van der Waals surface area contributed by atoms with Gasteiger partial charge < -0.3 is 21.9 Å². The normalized spacial score (nSPS) is 12.0. The van der Waals surface area contributed by atoms with Gasteiger partial charge in [0, 0.05) is 28.8 Å². The largest absolute Gasteiger partial charge is 2.00 e. The number of hydrogen-bond donors (Lipinski definition) is 0. The van der Waals surface area contributed by atoms with E-state index >= 15 is 0 Å². The van der Waals surface area contributed by atoms with Crippen molar-refractivity contribution in [1.82, 2.24) is 0 Å². The van der Waals surface area contributed by atoms with Gasteiger partial charge in [-0.25, -0.2) is 0 Å². The van der Waals surface area contributed by atoms with Crippen LogP contribution in [0, 0.1) is 13.1 Å². The molecular formula is C12H30O2Si2Zn. The Kier molecular flexibility index (Phi) is 13.4. The molecule has 100 valence electrons. The van der Waals surface area contributed by atoms with Gasteiger partial charge in [0.1, 0.15) is 0 Å². The Labute approximate surface area is 124 Å². The first-order chi connectivity index (χ1) is 6.83. The summed E-state index contributed by atoms with van der Waals surface area (Å²) >= 11 is 0. The molecule has 0 fully saturated rings. The van der Waals surface area contributed by atoms with E-state index in [9.17, 15) is 0 Å². The standard InChI is InChI=1S/2C6H15OSi.Zn/c2*1-6(2)7-8(3,4)5;/h2*6H,3H2,1-2,4-5H3;/q2*-1;+2. The maximum Gasteiger partial charge on any atom is 2.00 e. The predicted octanol–water partition coefficient (Wildman–Crippen LogP) is 3.98. The van der Waals surface area contributed by atoms with Gasteiger partial charge >= 0.3 is 19.5 Å². The molecule has 0 heterocycles. The van der Waals surface area contributed by atoms with E-state index in [1.807, 2.05) is 27.7 Å². The van der Waals surface area contributed by atoms with Crippen molar-refractivity contribution in [3.63, 3.8) is 0 Å². The van der Waals surface area contributed by atoms with E-state index in [1.54, 1.807) is 0 Å². The minimum absolute atomic E-state index is 0. The summed E-state index contributed by atoms with van der Waals surface area (Å²) < 4.78 is 10.9. The van der Waals surface area contributed by atoms with Crippen molar-refractivity contribution >= 4 is 16.6 Å². The Balaban J connectivity index is -0.000000218. The van der Waals surface area contributed by atoms with Crippen molar-refractivity contribution < 1.29 is 28.3 Å². The van der Waals surface area contributed by atoms with Crippen LogP contribution in [0.1, 0.15) is 27.7 Å². The maximum atomic E-state index is 5.47. The van der Waals surface area contributed by atoms with Crippen LogP contribution in [0.4, 0.5) is 0 Å². The molecule has 0 amide bonds. The fourth-order valence-corrected chi connectivity index (χ4v) is 3.83. The van der Waals surface area contributed by atoms with Crippen LogP contribution >= 0.6 is 0 Å². The summed E-state index contributed by atoms with van der Waals surface area (Å²) in [5.74, 6) is 0. The molecule has 0 bridgehead atoms. The topological polar surface area (TPSA) is 18.5 Å². The summed E-state index contributed by atoms with van der Waals surface area (Å²) in [6.45, 7) is 24.4. The first kappa shape index (κ1) is 23.1. The fourth-order valence-electron chi connectivity index (χ4n) is 1.28. The predicted molar refractivity (Wildman–Crippen MR) is 78.1 cm³/mol. The summed E-state index contributed by atoms with van der Waals surface area (Å²) in [5, 5.41) is 0. The van der Waals surface area contributed by atoms with Crippen LogP contribution < -0.4 is 0 Å². The van der Waals surface area contributed by atoms with Crippen molar-refractivity contribution in [2.75, 3.05) is 0 Å². The number of hydrogen-bond acceptors (Lipinski definition) is 2. The summed E-state index contributed by atoms with van der Waals surface area (Å²) in [5.41, 5.74) is 0. The fraction of sp³-hybridized carbons (Fsp3) is 0.833. The molecule has 2 nitrogen and oxygen atoms in total. The van der Waals surface area contributed by atoms with Crippen LogP contribution in [0.5, 0.6) is 0 Å². The smallest absolute Gasteiger partial charge is 0.447 e. The number of rotatable bonds is 4. The van der Waals surface area contributed by atoms with Crippen molar-refractivity contribution in [3.05, 3.63) is 13.1 Å². The van der Waals surface area contributed by atoms with Crippen LogP contribution in [0.15, 0.2) is 0 Å². The molecule has 17 heavy (non-hydrogen) atoms. The van der Waals surface area contributed by atoms with Gasteiger partial charge in [-0.3, -0.25) is 0 Å². The van der Waals surface area contributed by atoms with E-state index in [4.69, 9.17) is 8.85 Å². The molecular weight excluding hydrogens is 298 g/mol. The molecule has 0 rings (SSSR count). The average Bonchev–Trinajstić information content (AvgIpc) is 1.72. The van der Waals surface area contributed by atoms with Gasteiger partial charge in [0.25, 0.3) is 0 Å². The molecule has 0 aliphatic heterocycles. The molecule has 0 aliphatic rings. The third-order valence-corrected chi connectivity index (χ3v) is 3.33. The van der Waals surface area contributed by atoms with Gasteiger partial charge in [-0.2, -0.15) is 0 Å². The molecule has 0 aliphatic carbocycles. The van der Waals surface area contributed by atoms with E-state index in [-0.39, 0.29) is 19.5 Å². The first-order valence-corrected chi connectivity index (χ1v) is 12.1. The maximum absolute atomic E-state index is 5.47. The van der Waals surface area contributed by atoms with Gasteiger partial charge in [0.15, 0.2) is 0 Å². The second-order valence-electron chi connectivity index (χ2n) is 5.85. The zero-order valence-electron chi connectivity index (χ0n) is 13.1. The SMILES string of the molecule is [CH2-][Si](C)(C)OC(C)C.[CH2-][Si](C)(C)OC(C)C.[Zn+2]. The van der Waals surface area contributed by atoms with Crippen LogP contribution in [-0.4, -0.2) is 28.8 Å². The molecule has 0 saturated heterocycles. The van der Waals surface area contributed by atoms with Gasteiger partial charge in [-0.15, -0.1) is 0 Å². The van der Waals surface area contributed by atoms with E-state index in [1.165, 1.54) is 0 Å². The molecule has 0 atom stereocenters.